The van der Waals surface area contributed by atoms with Crippen molar-refractivity contribution in [3.05, 3.63) is 36.9 Å². The van der Waals surface area contributed by atoms with Crippen LogP contribution in [-0.4, -0.2) is 33.9 Å². The molecule has 1 unspecified atom stereocenters. The number of nitrogens with one attached hydrogen (secondary N) is 2. The Hall–Kier alpha value is -1.88. The largest absolute Gasteiger partial charge is 0.383 e. The van der Waals surface area contributed by atoms with Crippen molar-refractivity contribution in [3.63, 3.8) is 0 Å². The van der Waals surface area contributed by atoms with Gasteiger partial charge in [0.15, 0.2) is 0 Å². The van der Waals surface area contributed by atoms with E-state index in [1.807, 2.05) is 12.1 Å². The number of benzene rings is 1. The molecule has 0 amide bonds. The van der Waals surface area contributed by atoms with Crippen LogP contribution in [0.4, 0.5) is 5.69 Å². The van der Waals surface area contributed by atoms with Gasteiger partial charge in [-0.25, -0.2) is 9.67 Å². The number of nitrogens with zero attached hydrogens (tertiary/aromatic N) is 3. The summed E-state index contributed by atoms with van der Waals surface area (Å²) in [6.45, 7) is 2.14. The van der Waals surface area contributed by atoms with E-state index in [4.69, 9.17) is 0 Å². The van der Waals surface area contributed by atoms with Gasteiger partial charge in [-0.05, 0) is 43.7 Å². The van der Waals surface area contributed by atoms with E-state index in [1.165, 1.54) is 19.3 Å². The van der Waals surface area contributed by atoms with E-state index in [-0.39, 0.29) is 0 Å². The molecule has 0 radical (unpaired) electrons. The highest BCUT2D eigenvalue weighted by Crippen LogP contribution is 2.13. The van der Waals surface area contributed by atoms with Crippen LogP contribution in [0.2, 0.25) is 0 Å². The van der Waals surface area contributed by atoms with Crippen LogP contribution < -0.4 is 10.6 Å². The maximum atomic E-state index is 4.11. The first-order valence-electron chi connectivity index (χ1n) is 6.84. The smallest absolute Gasteiger partial charge is 0.138 e. The zero-order valence-electron chi connectivity index (χ0n) is 10.9. The van der Waals surface area contributed by atoms with Gasteiger partial charge in [0.1, 0.15) is 12.7 Å². The van der Waals surface area contributed by atoms with Crippen molar-refractivity contribution in [2.45, 2.75) is 25.3 Å². The first kappa shape index (κ1) is 12.2. The molecule has 0 saturated carbocycles. The van der Waals surface area contributed by atoms with Crippen LogP contribution in [0.1, 0.15) is 19.3 Å². The third-order valence-corrected chi connectivity index (χ3v) is 3.52. The molecule has 3 rings (SSSR count). The monoisotopic (exact) mass is 257 g/mol. The predicted molar refractivity (Wildman–Crippen MR) is 75.5 cm³/mol. The van der Waals surface area contributed by atoms with Gasteiger partial charge in [-0.1, -0.05) is 6.42 Å². The van der Waals surface area contributed by atoms with Crippen molar-refractivity contribution in [1.29, 1.82) is 0 Å². The third-order valence-electron chi connectivity index (χ3n) is 3.52. The van der Waals surface area contributed by atoms with E-state index in [0.29, 0.717) is 6.04 Å². The lowest BCUT2D eigenvalue weighted by Crippen LogP contribution is -2.39. The number of aromatic nitrogens is 3. The van der Waals surface area contributed by atoms with Gasteiger partial charge in [0.2, 0.25) is 0 Å². The average molecular weight is 257 g/mol. The van der Waals surface area contributed by atoms with Crippen LogP contribution in [0.5, 0.6) is 0 Å². The summed E-state index contributed by atoms with van der Waals surface area (Å²) < 4.78 is 1.76. The zero-order chi connectivity index (χ0) is 12.9. The number of piperidine rings is 1. The van der Waals surface area contributed by atoms with E-state index in [9.17, 15) is 0 Å². The Balaban J connectivity index is 1.57. The molecule has 2 aromatic rings. The van der Waals surface area contributed by atoms with E-state index in [1.54, 1.807) is 17.3 Å². The molecule has 2 N–H and O–H groups in total. The van der Waals surface area contributed by atoms with Crippen molar-refractivity contribution >= 4 is 5.69 Å². The van der Waals surface area contributed by atoms with Crippen molar-refractivity contribution in [1.82, 2.24) is 20.1 Å². The second kappa shape index (κ2) is 5.84. The Morgan fingerprint density at radius 3 is 2.84 bits per heavy atom. The normalized spacial score (nSPS) is 19.3. The average Bonchev–Trinajstić information content (AvgIpc) is 3.01. The maximum absolute atomic E-state index is 4.11. The van der Waals surface area contributed by atoms with Crippen molar-refractivity contribution in [3.8, 4) is 5.69 Å². The summed E-state index contributed by atoms with van der Waals surface area (Å²) in [5.74, 6) is 0. The topological polar surface area (TPSA) is 54.8 Å². The standard InChI is InChI=1S/C14H19N5/c1-2-8-16-13(3-1)9-17-12-4-6-14(7-5-12)19-11-15-10-18-19/h4-7,10-11,13,16-17H,1-3,8-9H2. The van der Waals surface area contributed by atoms with Crippen LogP contribution >= 0.6 is 0 Å². The Labute approximate surface area is 113 Å². The summed E-state index contributed by atoms with van der Waals surface area (Å²) in [6.07, 6.45) is 7.16. The lowest BCUT2D eigenvalue weighted by molar-refractivity contribution is 0.414. The van der Waals surface area contributed by atoms with Gasteiger partial charge in [0.25, 0.3) is 0 Å². The summed E-state index contributed by atoms with van der Waals surface area (Å²) in [6, 6.07) is 8.86. The first-order chi connectivity index (χ1) is 9.42. The fraction of sp³-hybridized carbons (Fsp3) is 0.429. The molecule has 5 heteroatoms. The highest BCUT2D eigenvalue weighted by Gasteiger charge is 2.11. The van der Waals surface area contributed by atoms with E-state index in [2.05, 4.69) is 32.8 Å². The predicted octanol–water partition coefficient (Wildman–Crippen LogP) is 1.82. The molecule has 2 heterocycles. The van der Waals surface area contributed by atoms with Crippen LogP contribution in [0.25, 0.3) is 5.69 Å². The number of anilines is 1. The Kier molecular flexibility index (Phi) is 3.74. The summed E-state index contributed by atoms with van der Waals surface area (Å²) >= 11 is 0. The number of rotatable bonds is 4. The fourth-order valence-electron chi connectivity index (χ4n) is 2.41. The van der Waals surface area contributed by atoms with Crippen molar-refractivity contribution in [2.75, 3.05) is 18.4 Å². The molecular formula is C14H19N5. The first-order valence-corrected chi connectivity index (χ1v) is 6.84. The van der Waals surface area contributed by atoms with Crippen molar-refractivity contribution in [2.24, 2.45) is 0 Å². The molecule has 1 atom stereocenters. The second-order valence-electron chi connectivity index (χ2n) is 4.91. The molecule has 0 aliphatic carbocycles. The van der Waals surface area contributed by atoms with Crippen LogP contribution in [-0.2, 0) is 0 Å². The van der Waals surface area contributed by atoms with Crippen LogP contribution in [0, 0.1) is 0 Å². The SMILES string of the molecule is c1ncn(-c2ccc(NCC3CCCCN3)cc2)n1. The van der Waals surface area contributed by atoms with Gasteiger partial charge in [-0.2, -0.15) is 5.10 Å². The minimum atomic E-state index is 0.601. The molecule has 1 aliphatic heterocycles. The van der Waals surface area contributed by atoms with Gasteiger partial charge in [-0.15, -0.1) is 0 Å². The minimum Gasteiger partial charge on any atom is -0.383 e. The van der Waals surface area contributed by atoms with E-state index < -0.39 is 0 Å². The molecule has 1 aromatic heterocycles. The van der Waals surface area contributed by atoms with E-state index >= 15 is 0 Å². The molecular weight excluding hydrogens is 238 g/mol. The summed E-state index contributed by atoms with van der Waals surface area (Å²) in [4.78, 5) is 3.95. The van der Waals surface area contributed by atoms with E-state index in [0.717, 1.165) is 24.5 Å². The number of hydrogen-bond donors (Lipinski definition) is 2. The van der Waals surface area contributed by atoms with Crippen LogP contribution in [0.3, 0.4) is 0 Å². The summed E-state index contributed by atoms with van der Waals surface area (Å²) in [5, 5.41) is 11.1. The second-order valence-corrected chi connectivity index (χ2v) is 4.91. The molecule has 0 bridgehead atoms. The summed E-state index contributed by atoms with van der Waals surface area (Å²) in [7, 11) is 0. The minimum absolute atomic E-state index is 0.601. The van der Waals surface area contributed by atoms with Crippen molar-refractivity contribution < 1.29 is 0 Å². The molecule has 100 valence electrons. The van der Waals surface area contributed by atoms with Gasteiger partial charge >= 0.3 is 0 Å². The molecule has 1 saturated heterocycles. The highest BCUT2D eigenvalue weighted by atomic mass is 15.3. The Bertz CT molecular complexity index is 485. The third kappa shape index (κ3) is 3.12. The molecule has 1 aliphatic rings. The molecule has 19 heavy (non-hydrogen) atoms. The van der Waals surface area contributed by atoms with Crippen LogP contribution in [0.15, 0.2) is 36.9 Å². The fourth-order valence-corrected chi connectivity index (χ4v) is 2.41. The lowest BCUT2D eigenvalue weighted by atomic mass is 10.1. The Morgan fingerprint density at radius 1 is 1.26 bits per heavy atom. The molecule has 1 fully saturated rings. The quantitative estimate of drug-likeness (QED) is 0.877. The zero-order valence-corrected chi connectivity index (χ0v) is 10.9. The van der Waals surface area contributed by atoms with Gasteiger partial charge in [-0.3, -0.25) is 0 Å². The lowest BCUT2D eigenvalue weighted by Gasteiger charge is -2.24. The van der Waals surface area contributed by atoms with Gasteiger partial charge < -0.3 is 10.6 Å². The Morgan fingerprint density at radius 2 is 2.16 bits per heavy atom. The maximum Gasteiger partial charge on any atom is 0.138 e. The number of hydrogen-bond acceptors (Lipinski definition) is 4. The molecule has 5 nitrogen and oxygen atoms in total. The van der Waals surface area contributed by atoms with Gasteiger partial charge in [0.05, 0.1) is 5.69 Å². The molecule has 1 aromatic carbocycles. The summed E-state index contributed by atoms with van der Waals surface area (Å²) in [5.41, 5.74) is 2.18. The highest BCUT2D eigenvalue weighted by molar-refractivity contribution is 5.48. The molecule has 0 spiro atoms. The van der Waals surface area contributed by atoms with Gasteiger partial charge in [0, 0.05) is 18.3 Å².